The number of nitrogens with two attached hydrogens (primary N) is 1. The summed E-state index contributed by atoms with van der Waals surface area (Å²) in [7, 11) is 0. The minimum atomic E-state index is 0.114. The number of ether oxygens (including phenoxy) is 1. The molecule has 0 aromatic carbocycles. The molecule has 2 N–H and O–H groups in total. The predicted octanol–water partition coefficient (Wildman–Crippen LogP) is 0.360. The lowest BCUT2D eigenvalue weighted by Crippen LogP contribution is -2.28. The van der Waals surface area contributed by atoms with Crippen molar-refractivity contribution in [2.45, 2.75) is 13.8 Å². The SMILES string of the molecule is CCN(CC)CCOc1nc(N)nc(-n2cccn2)n1. The molecule has 0 atom stereocenters. The third kappa shape index (κ3) is 3.64. The summed E-state index contributed by atoms with van der Waals surface area (Å²) in [6, 6.07) is 2.00. The molecule has 20 heavy (non-hydrogen) atoms. The summed E-state index contributed by atoms with van der Waals surface area (Å²) in [6.45, 7) is 7.51. The largest absolute Gasteiger partial charge is 0.462 e. The molecule has 2 heterocycles. The minimum Gasteiger partial charge on any atom is -0.462 e. The molecule has 8 nitrogen and oxygen atoms in total. The molecule has 0 aliphatic rings. The van der Waals surface area contributed by atoms with Crippen LogP contribution in [0.3, 0.4) is 0 Å². The predicted molar refractivity (Wildman–Crippen MR) is 74.6 cm³/mol. The summed E-state index contributed by atoms with van der Waals surface area (Å²) < 4.78 is 7.04. The van der Waals surface area contributed by atoms with Crippen molar-refractivity contribution in [1.82, 2.24) is 29.6 Å². The zero-order valence-corrected chi connectivity index (χ0v) is 11.7. The van der Waals surface area contributed by atoms with Crippen LogP contribution >= 0.6 is 0 Å². The van der Waals surface area contributed by atoms with Crippen molar-refractivity contribution in [3.63, 3.8) is 0 Å². The number of rotatable bonds is 7. The lowest BCUT2D eigenvalue weighted by molar-refractivity contribution is 0.212. The van der Waals surface area contributed by atoms with Crippen LogP contribution in [0, 0.1) is 0 Å². The Labute approximate surface area is 117 Å². The van der Waals surface area contributed by atoms with E-state index in [1.807, 2.05) is 0 Å². The number of hydrogen-bond acceptors (Lipinski definition) is 7. The summed E-state index contributed by atoms with van der Waals surface area (Å²) >= 11 is 0. The molecular formula is C12H19N7O. The van der Waals surface area contributed by atoms with Crippen LogP contribution < -0.4 is 10.5 Å². The molecule has 0 fully saturated rings. The van der Waals surface area contributed by atoms with Crippen molar-refractivity contribution in [1.29, 1.82) is 0 Å². The van der Waals surface area contributed by atoms with Crippen molar-refractivity contribution in [3.8, 4) is 12.0 Å². The monoisotopic (exact) mass is 277 g/mol. The number of nitrogen functional groups attached to an aromatic ring is 1. The van der Waals surface area contributed by atoms with Gasteiger partial charge in [-0.25, -0.2) is 4.68 Å². The molecule has 0 bridgehead atoms. The summed E-state index contributed by atoms with van der Waals surface area (Å²) in [5, 5.41) is 4.05. The highest BCUT2D eigenvalue weighted by Gasteiger charge is 2.08. The van der Waals surface area contributed by atoms with Crippen molar-refractivity contribution < 1.29 is 4.74 Å². The van der Waals surface area contributed by atoms with Crippen LogP contribution in [0.1, 0.15) is 13.8 Å². The fourth-order valence-corrected chi connectivity index (χ4v) is 1.72. The van der Waals surface area contributed by atoms with Crippen molar-refractivity contribution in [2.75, 3.05) is 32.0 Å². The van der Waals surface area contributed by atoms with E-state index in [9.17, 15) is 0 Å². The number of likely N-dealkylation sites (N-methyl/N-ethyl adjacent to an activating group) is 1. The van der Waals surface area contributed by atoms with Crippen molar-refractivity contribution in [3.05, 3.63) is 18.5 Å². The van der Waals surface area contributed by atoms with E-state index in [-0.39, 0.29) is 12.0 Å². The fraction of sp³-hybridized carbons (Fsp3) is 0.500. The van der Waals surface area contributed by atoms with Crippen LogP contribution in [0.5, 0.6) is 6.01 Å². The third-order valence-electron chi connectivity index (χ3n) is 2.86. The number of hydrogen-bond donors (Lipinski definition) is 1. The maximum absolute atomic E-state index is 5.66. The van der Waals surface area contributed by atoms with Crippen LogP contribution in [0.25, 0.3) is 5.95 Å². The quantitative estimate of drug-likeness (QED) is 0.780. The second-order valence-electron chi connectivity index (χ2n) is 4.10. The van der Waals surface area contributed by atoms with E-state index in [1.54, 1.807) is 18.5 Å². The summed E-state index contributed by atoms with van der Waals surface area (Å²) in [6.07, 6.45) is 3.37. The zero-order valence-electron chi connectivity index (χ0n) is 11.7. The van der Waals surface area contributed by atoms with E-state index in [2.05, 4.69) is 38.8 Å². The molecule has 108 valence electrons. The Bertz CT molecular complexity index is 525. The van der Waals surface area contributed by atoms with Gasteiger partial charge in [0.1, 0.15) is 6.61 Å². The maximum Gasteiger partial charge on any atom is 0.323 e. The Morgan fingerprint density at radius 1 is 1.25 bits per heavy atom. The molecule has 8 heteroatoms. The summed E-state index contributed by atoms with van der Waals surface area (Å²) in [5.74, 6) is 0.462. The standard InChI is InChI=1S/C12H19N7O/c1-3-18(4-2)8-9-20-12-16-10(13)15-11(17-12)19-7-5-6-14-19/h5-7H,3-4,8-9H2,1-2H3,(H2,13,15,16,17). The van der Waals surface area contributed by atoms with E-state index in [4.69, 9.17) is 10.5 Å². The Kier molecular flexibility index (Phi) is 4.83. The molecule has 0 spiro atoms. The van der Waals surface area contributed by atoms with Gasteiger partial charge in [-0.3, -0.25) is 0 Å². The average Bonchev–Trinajstić information content (AvgIpc) is 2.97. The van der Waals surface area contributed by atoms with Gasteiger partial charge in [0.2, 0.25) is 5.95 Å². The van der Waals surface area contributed by atoms with Crippen LogP contribution in [-0.4, -0.2) is 55.9 Å². The molecule has 2 aromatic rings. The molecule has 0 radical (unpaired) electrons. The van der Waals surface area contributed by atoms with Gasteiger partial charge >= 0.3 is 6.01 Å². The fourth-order valence-electron chi connectivity index (χ4n) is 1.72. The summed E-state index contributed by atoms with van der Waals surface area (Å²) in [4.78, 5) is 14.4. The lowest BCUT2D eigenvalue weighted by Gasteiger charge is -2.17. The first kappa shape index (κ1) is 14.2. The van der Waals surface area contributed by atoms with Crippen LogP contribution in [0.4, 0.5) is 5.95 Å². The topological polar surface area (TPSA) is 95.0 Å². The third-order valence-corrected chi connectivity index (χ3v) is 2.86. The van der Waals surface area contributed by atoms with Gasteiger partial charge in [-0.1, -0.05) is 13.8 Å². The number of nitrogens with zero attached hydrogens (tertiary/aromatic N) is 6. The highest BCUT2D eigenvalue weighted by Crippen LogP contribution is 2.08. The van der Waals surface area contributed by atoms with Gasteiger partial charge in [0, 0.05) is 18.9 Å². The second kappa shape index (κ2) is 6.80. The first-order chi connectivity index (χ1) is 9.72. The van der Waals surface area contributed by atoms with Crippen molar-refractivity contribution >= 4 is 5.95 Å². The highest BCUT2D eigenvalue weighted by atomic mass is 16.5. The molecule has 0 saturated heterocycles. The van der Waals surface area contributed by atoms with Gasteiger partial charge in [0.15, 0.2) is 0 Å². The normalized spacial score (nSPS) is 10.9. The number of aromatic nitrogens is 5. The molecular weight excluding hydrogens is 258 g/mol. The van der Waals surface area contributed by atoms with Gasteiger partial charge in [0.25, 0.3) is 5.95 Å². The van der Waals surface area contributed by atoms with Gasteiger partial charge in [-0.2, -0.15) is 20.1 Å². The Balaban J connectivity index is 2.02. The molecule has 0 aliphatic carbocycles. The van der Waals surface area contributed by atoms with Gasteiger partial charge < -0.3 is 15.4 Å². The molecule has 0 saturated carbocycles. The van der Waals surface area contributed by atoms with Gasteiger partial charge in [-0.05, 0) is 19.2 Å². The highest BCUT2D eigenvalue weighted by molar-refractivity contribution is 5.24. The first-order valence-corrected chi connectivity index (χ1v) is 6.59. The molecule has 2 rings (SSSR count). The molecule has 0 amide bonds. The van der Waals surface area contributed by atoms with Gasteiger partial charge in [-0.15, -0.1) is 0 Å². The van der Waals surface area contributed by atoms with Crippen LogP contribution in [0.2, 0.25) is 0 Å². The molecule has 0 aliphatic heterocycles. The van der Waals surface area contributed by atoms with Gasteiger partial charge in [0.05, 0.1) is 0 Å². The van der Waals surface area contributed by atoms with E-state index in [0.717, 1.165) is 19.6 Å². The van der Waals surface area contributed by atoms with Crippen molar-refractivity contribution in [2.24, 2.45) is 0 Å². The lowest BCUT2D eigenvalue weighted by atomic mass is 10.5. The number of anilines is 1. The smallest absolute Gasteiger partial charge is 0.323 e. The Hall–Kier alpha value is -2.22. The summed E-state index contributed by atoms with van der Waals surface area (Å²) in [5.41, 5.74) is 5.66. The van der Waals surface area contributed by atoms with E-state index in [1.165, 1.54) is 4.68 Å². The Morgan fingerprint density at radius 3 is 2.70 bits per heavy atom. The van der Waals surface area contributed by atoms with Crippen LogP contribution in [0.15, 0.2) is 18.5 Å². The Morgan fingerprint density at radius 2 is 2.05 bits per heavy atom. The zero-order chi connectivity index (χ0) is 14.4. The van der Waals surface area contributed by atoms with E-state index < -0.39 is 0 Å². The second-order valence-corrected chi connectivity index (χ2v) is 4.10. The van der Waals surface area contributed by atoms with E-state index >= 15 is 0 Å². The average molecular weight is 277 g/mol. The molecule has 0 unspecified atom stereocenters. The molecule has 2 aromatic heterocycles. The van der Waals surface area contributed by atoms with E-state index in [0.29, 0.717) is 12.6 Å². The maximum atomic E-state index is 5.66. The van der Waals surface area contributed by atoms with Crippen LogP contribution in [-0.2, 0) is 0 Å². The first-order valence-electron chi connectivity index (χ1n) is 6.59. The minimum absolute atomic E-state index is 0.114.